The van der Waals surface area contributed by atoms with E-state index in [1.165, 1.54) is 21.8 Å². The summed E-state index contributed by atoms with van der Waals surface area (Å²) in [7, 11) is 0. The first-order valence-electron chi connectivity index (χ1n) is 9.70. The van der Waals surface area contributed by atoms with Gasteiger partial charge in [-0.2, -0.15) is 4.99 Å². The number of aryl methyl sites for hydroxylation is 1. The molecule has 0 bridgehead atoms. The number of hydrogen-bond acceptors (Lipinski definition) is 4. The molecular weight excluding hydrogens is 398 g/mol. The lowest BCUT2D eigenvalue weighted by Gasteiger charge is -2.13. The second-order valence-corrected chi connectivity index (χ2v) is 8.16. The van der Waals surface area contributed by atoms with Crippen LogP contribution < -0.4 is 4.80 Å². The summed E-state index contributed by atoms with van der Waals surface area (Å²) in [6.45, 7) is 2.94. The van der Waals surface area contributed by atoms with Gasteiger partial charge >= 0.3 is 0 Å². The van der Waals surface area contributed by atoms with E-state index >= 15 is 0 Å². The van der Waals surface area contributed by atoms with Crippen LogP contribution in [-0.4, -0.2) is 27.2 Å². The van der Waals surface area contributed by atoms with E-state index in [1.807, 2.05) is 23.1 Å². The van der Waals surface area contributed by atoms with E-state index in [-0.39, 0.29) is 37.1 Å². The summed E-state index contributed by atoms with van der Waals surface area (Å²) in [5.74, 6) is -0.619. The number of rotatable bonds is 5. The third-order valence-corrected chi connectivity index (χ3v) is 5.82. The fraction of sp³-hybridized carbons (Fsp3) is 0.217. The summed E-state index contributed by atoms with van der Waals surface area (Å²) in [6, 6.07) is 15.2. The van der Waals surface area contributed by atoms with Gasteiger partial charge in [0.15, 0.2) is 4.80 Å². The lowest BCUT2D eigenvalue weighted by atomic mass is 10.1. The first-order valence-corrected chi connectivity index (χ1v) is 10.6. The summed E-state index contributed by atoms with van der Waals surface area (Å²) < 4.78 is 1.95. The Hall–Kier alpha value is -3.32. The van der Waals surface area contributed by atoms with E-state index in [4.69, 9.17) is 0 Å². The Balaban J connectivity index is 1.48. The van der Waals surface area contributed by atoms with Crippen LogP contribution in [0.15, 0.2) is 65.1 Å². The monoisotopic (exact) mass is 419 g/mol. The number of likely N-dealkylation sites (tertiary alicyclic amines) is 1. The number of carbonyl (C=O) groups excluding carboxylic acids is 3. The standard InChI is InChI=1S/C23H21N3O3S/c1-16-2-4-17(5-3-16)14-25-12-13-30-23(25)24-22(29)19-8-6-18(7-9-19)15-26-20(27)10-11-21(26)28/h2-9,12-13H,10-11,14-15H2,1H3. The van der Waals surface area contributed by atoms with E-state index < -0.39 is 0 Å². The quantitative estimate of drug-likeness (QED) is 0.596. The van der Waals surface area contributed by atoms with Gasteiger partial charge in [0.1, 0.15) is 0 Å². The number of thiazole rings is 1. The predicted octanol–water partition coefficient (Wildman–Crippen LogP) is 3.30. The molecule has 0 N–H and O–H groups in total. The molecule has 0 saturated carbocycles. The maximum atomic E-state index is 12.6. The summed E-state index contributed by atoms with van der Waals surface area (Å²) in [5.41, 5.74) is 3.62. The number of nitrogens with zero attached hydrogens (tertiary/aromatic N) is 3. The molecule has 6 nitrogen and oxygen atoms in total. The van der Waals surface area contributed by atoms with Crippen molar-refractivity contribution in [1.82, 2.24) is 9.47 Å². The van der Waals surface area contributed by atoms with Gasteiger partial charge in [-0.05, 0) is 30.2 Å². The van der Waals surface area contributed by atoms with Gasteiger partial charge in [-0.25, -0.2) is 0 Å². The van der Waals surface area contributed by atoms with Gasteiger partial charge in [-0.15, -0.1) is 11.3 Å². The number of amides is 3. The Kier molecular flexibility index (Phi) is 5.72. The van der Waals surface area contributed by atoms with Gasteiger partial charge in [0.25, 0.3) is 5.91 Å². The molecule has 0 spiro atoms. The first-order chi connectivity index (χ1) is 14.5. The maximum Gasteiger partial charge on any atom is 0.279 e. The molecule has 152 valence electrons. The molecule has 1 aliphatic rings. The molecule has 1 saturated heterocycles. The van der Waals surface area contributed by atoms with E-state index in [1.54, 1.807) is 24.3 Å². The zero-order chi connectivity index (χ0) is 21.1. The Morgan fingerprint density at radius 2 is 1.53 bits per heavy atom. The smallest absolute Gasteiger partial charge is 0.279 e. The van der Waals surface area contributed by atoms with Gasteiger partial charge in [-0.3, -0.25) is 19.3 Å². The van der Waals surface area contributed by atoms with Crippen LogP contribution in [0, 0.1) is 6.92 Å². The molecule has 0 atom stereocenters. The summed E-state index contributed by atoms with van der Waals surface area (Å²) in [4.78, 5) is 42.3. The number of carbonyl (C=O) groups is 3. The highest BCUT2D eigenvalue weighted by Crippen LogP contribution is 2.16. The fourth-order valence-corrected chi connectivity index (χ4v) is 4.01. The topological polar surface area (TPSA) is 71.7 Å². The number of hydrogen-bond donors (Lipinski definition) is 0. The maximum absolute atomic E-state index is 12.6. The average Bonchev–Trinajstić information content (AvgIpc) is 3.31. The molecule has 0 radical (unpaired) electrons. The van der Waals surface area contributed by atoms with Crippen molar-refractivity contribution in [2.45, 2.75) is 32.9 Å². The Morgan fingerprint density at radius 3 is 2.20 bits per heavy atom. The van der Waals surface area contributed by atoms with E-state index in [0.717, 1.165) is 11.1 Å². The minimum atomic E-state index is -0.324. The number of benzene rings is 2. The molecule has 1 aromatic heterocycles. The average molecular weight is 420 g/mol. The molecule has 3 aromatic rings. The molecule has 2 heterocycles. The fourth-order valence-electron chi connectivity index (χ4n) is 3.28. The molecule has 0 aliphatic carbocycles. The van der Waals surface area contributed by atoms with E-state index in [9.17, 15) is 14.4 Å². The van der Waals surface area contributed by atoms with Crippen LogP contribution in [0.2, 0.25) is 0 Å². The number of imide groups is 1. The van der Waals surface area contributed by atoms with Crippen LogP contribution in [0.4, 0.5) is 0 Å². The van der Waals surface area contributed by atoms with E-state index in [0.29, 0.717) is 16.9 Å². The molecule has 30 heavy (non-hydrogen) atoms. The van der Waals surface area contributed by atoms with Crippen molar-refractivity contribution in [3.05, 3.63) is 87.2 Å². The van der Waals surface area contributed by atoms with Crippen LogP contribution in [0.5, 0.6) is 0 Å². The minimum absolute atomic E-state index is 0.147. The van der Waals surface area contributed by atoms with Crippen molar-refractivity contribution < 1.29 is 14.4 Å². The van der Waals surface area contributed by atoms with Gasteiger partial charge in [0, 0.05) is 36.5 Å². The van der Waals surface area contributed by atoms with Gasteiger partial charge in [0.2, 0.25) is 11.8 Å². The molecule has 2 aromatic carbocycles. The lowest BCUT2D eigenvalue weighted by molar-refractivity contribution is -0.139. The third-order valence-electron chi connectivity index (χ3n) is 5.03. The third kappa shape index (κ3) is 4.46. The van der Waals surface area contributed by atoms with Crippen LogP contribution in [0.3, 0.4) is 0 Å². The van der Waals surface area contributed by atoms with Gasteiger partial charge < -0.3 is 4.57 Å². The first kappa shape index (κ1) is 20.0. The van der Waals surface area contributed by atoms with Crippen molar-refractivity contribution in [1.29, 1.82) is 0 Å². The van der Waals surface area contributed by atoms with Crippen molar-refractivity contribution in [3.63, 3.8) is 0 Å². The molecule has 1 fully saturated rings. The van der Waals surface area contributed by atoms with Crippen molar-refractivity contribution in [2.24, 2.45) is 4.99 Å². The van der Waals surface area contributed by atoms with Gasteiger partial charge in [-0.1, -0.05) is 42.0 Å². The highest BCUT2D eigenvalue weighted by molar-refractivity contribution is 7.07. The predicted molar refractivity (Wildman–Crippen MR) is 114 cm³/mol. The summed E-state index contributed by atoms with van der Waals surface area (Å²) in [6.07, 6.45) is 2.47. The van der Waals surface area contributed by atoms with Crippen molar-refractivity contribution in [2.75, 3.05) is 0 Å². The van der Waals surface area contributed by atoms with Crippen LogP contribution in [-0.2, 0) is 22.7 Å². The van der Waals surface area contributed by atoms with E-state index in [2.05, 4.69) is 29.3 Å². The van der Waals surface area contributed by atoms with Crippen molar-refractivity contribution in [3.8, 4) is 0 Å². The van der Waals surface area contributed by atoms with Gasteiger partial charge in [0.05, 0.1) is 6.54 Å². The zero-order valence-electron chi connectivity index (χ0n) is 16.6. The van der Waals surface area contributed by atoms with Crippen LogP contribution in [0.1, 0.15) is 39.9 Å². The summed E-state index contributed by atoms with van der Waals surface area (Å²) in [5, 5.41) is 1.91. The largest absolute Gasteiger partial charge is 0.319 e. The Morgan fingerprint density at radius 1 is 0.933 bits per heavy atom. The van der Waals surface area contributed by atoms with Crippen LogP contribution in [0.25, 0.3) is 0 Å². The lowest BCUT2D eigenvalue weighted by Crippen LogP contribution is -2.28. The molecule has 7 heteroatoms. The second kappa shape index (κ2) is 8.59. The zero-order valence-corrected chi connectivity index (χ0v) is 17.4. The molecule has 1 aliphatic heterocycles. The normalized spacial score (nSPS) is 14.6. The number of aromatic nitrogens is 1. The highest BCUT2D eigenvalue weighted by Gasteiger charge is 2.28. The Labute approximate surface area is 178 Å². The van der Waals surface area contributed by atoms with Crippen molar-refractivity contribution >= 4 is 29.1 Å². The second-order valence-electron chi connectivity index (χ2n) is 7.29. The SMILES string of the molecule is Cc1ccc(Cn2ccsc2=NC(=O)c2ccc(CN3C(=O)CCC3=O)cc2)cc1. The Bertz CT molecular complexity index is 1140. The molecular formula is C23H21N3O3S. The molecule has 4 rings (SSSR count). The molecule has 0 unspecified atom stereocenters. The minimum Gasteiger partial charge on any atom is -0.319 e. The molecule has 3 amide bonds. The summed E-state index contributed by atoms with van der Waals surface area (Å²) >= 11 is 1.41. The highest BCUT2D eigenvalue weighted by atomic mass is 32.1. The van der Waals surface area contributed by atoms with Crippen LogP contribution >= 0.6 is 11.3 Å².